The van der Waals surface area contributed by atoms with Crippen LogP contribution in [0.3, 0.4) is 0 Å². The molecule has 14 amide bonds. The number of nitrogens with zero attached hydrogens (tertiary/aromatic N) is 12. The number of aliphatic hydroxyl groups is 2. The Morgan fingerprint density at radius 3 is 1.15 bits per heavy atom. The second kappa shape index (κ2) is 47.6. The molecule has 4 aromatic carbocycles. The minimum Gasteiger partial charge on any atom is -0.391 e. The minimum atomic E-state index is -1.42. The van der Waals surface area contributed by atoms with E-state index in [-0.39, 0.29) is 65.1 Å². The van der Waals surface area contributed by atoms with Gasteiger partial charge in [-0.15, -0.1) is 65.7 Å². The average molecular weight is 2170 g/mol. The molecule has 150 heavy (non-hydrogen) atoms. The summed E-state index contributed by atoms with van der Waals surface area (Å²) >= 11 is 18.6. The molecule has 42 nitrogen and oxygen atoms in total. The summed E-state index contributed by atoms with van der Waals surface area (Å²) in [5.41, 5.74) is 12.2. The highest BCUT2D eigenvalue weighted by Gasteiger charge is 2.49. The highest BCUT2D eigenvalue weighted by molar-refractivity contribution is 7.15. The van der Waals surface area contributed by atoms with E-state index in [1.54, 1.807) is 148 Å². The van der Waals surface area contributed by atoms with Crippen molar-refractivity contribution in [2.45, 2.75) is 195 Å². The molecule has 48 heteroatoms. The van der Waals surface area contributed by atoms with Gasteiger partial charge in [0.05, 0.1) is 94.9 Å². The maximum absolute atomic E-state index is 14.3. The van der Waals surface area contributed by atoms with E-state index in [1.807, 2.05) is 88.8 Å². The second-order valence-corrected chi connectivity index (χ2v) is 44.4. The number of hydrogen-bond acceptors (Lipinski definition) is 30. The molecule has 4 saturated heterocycles. The third-order valence-corrected chi connectivity index (χ3v) is 31.2. The summed E-state index contributed by atoms with van der Waals surface area (Å²) in [5.74, 6) is -7.81. The summed E-state index contributed by atoms with van der Waals surface area (Å²) < 4.78 is 14.9. The van der Waals surface area contributed by atoms with Crippen molar-refractivity contribution in [3.63, 3.8) is 0 Å². The number of aliphatic imine (C=N–C) groups is 2. The average Bonchev–Trinajstić information content (AvgIpc) is 1.59. The largest absolute Gasteiger partial charge is 0.391 e. The number of rotatable bonds is 14. The second-order valence-electron chi connectivity index (χ2n) is 39.4. The van der Waals surface area contributed by atoms with Crippen LogP contribution in [0.15, 0.2) is 118 Å². The van der Waals surface area contributed by atoms with Crippen LogP contribution >= 0.6 is 68.5 Å². The minimum absolute atomic E-state index is 0.128. The Morgan fingerprint density at radius 1 is 0.447 bits per heavy atom. The summed E-state index contributed by atoms with van der Waals surface area (Å²) in [6.07, 6.45) is -2.94. The van der Waals surface area contributed by atoms with E-state index in [0.717, 1.165) is 85.4 Å². The molecule has 0 bridgehead atoms. The van der Waals surface area contributed by atoms with E-state index in [1.165, 1.54) is 32.5 Å². The summed E-state index contributed by atoms with van der Waals surface area (Å²) in [5, 5.41) is 74.3. The van der Waals surface area contributed by atoms with Crippen LogP contribution < -0.4 is 63.8 Å². The number of amides is 14. The number of thiophene rings is 2. The molecule has 0 saturated carbocycles. The highest BCUT2D eigenvalue weighted by Crippen LogP contribution is 2.44. The van der Waals surface area contributed by atoms with Gasteiger partial charge in [0.25, 0.3) is 0 Å². The molecule has 6 aliphatic rings. The fraction of sp³-hybridized carbons (Fsp3) is 0.431. The van der Waals surface area contributed by atoms with Gasteiger partial charge < -0.3 is 93.3 Å². The quantitative estimate of drug-likeness (QED) is 0.0623. The Balaban J connectivity index is 0.000000224. The zero-order valence-electron chi connectivity index (χ0n) is 84.8. The zero-order chi connectivity index (χ0) is 108. The van der Waals surface area contributed by atoms with Crippen molar-refractivity contribution in [3.05, 3.63) is 207 Å². The van der Waals surface area contributed by atoms with Crippen LogP contribution in [0.2, 0.25) is 10.0 Å². The van der Waals surface area contributed by atoms with Crippen molar-refractivity contribution in [3.8, 4) is 30.9 Å². The molecule has 0 unspecified atom stereocenters. The molecule has 6 aromatic heterocycles. The van der Waals surface area contributed by atoms with Crippen molar-refractivity contribution in [2.75, 3.05) is 78.8 Å². The van der Waals surface area contributed by atoms with Gasteiger partial charge in [-0.1, -0.05) is 138 Å². The summed E-state index contributed by atoms with van der Waals surface area (Å²) in [6, 6.07) is 16.0. The van der Waals surface area contributed by atoms with Crippen LogP contribution in [-0.4, -0.2) is 281 Å². The lowest BCUT2D eigenvalue weighted by atomic mass is 9.85. The van der Waals surface area contributed by atoms with Gasteiger partial charge in [-0.05, 0) is 124 Å². The van der Waals surface area contributed by atoms with Crippen molar-refractivity contribution < 1.29 is 86.8 Å². The lowest BCUT2D eigenvalue weighted by molar-refractivity contribution is -0.145. The Bertz CT molecular complexity index is 6480. The predicted octanol–water partition coefficient (Wildman–Crippen LogP) is 5.67. The van der Waals surface area contributed by atoms with Gasteiger partial charge in [0, 0.05) is 94.2 Å². The number of nitrogens with one attached hydrogen (secondary N) is 12. The normalized spacial score (nSPS) is 22.5. The Morgan fingerprint density at radius 2 is 0.807 bits per heavy atom. The van der Waals surface area contributed by atoms with Crippen LogP contribution in [0, 0.1) is 66.2 Å². The maximum atomic E-state index is 14.3. The SMILES string of the molecule is Cc1ncsc1-c1ccc([C@@H]2NC(=O)[C@@H]3C[C@@H](O)CN3C(=O)[C@H](C(C)(C)C)NC(=O)COCCNC(=O)[C@@H](CNC(=O)C[C@@H]3N=C(c4ccc(Cl)cc4)c4c(sc(C)c4C)-n4c(C)nnc43)NC(=O)CNC2=O)cc1.Cc1ncsc1-c1ccc([C@H]2NC(=O)[C@@H]3C[C@@H](O)CN3C(=O)[C@H](C(C)(C)C)NC(=O)COCCNC(=O)[C@@H](CNC(=O)C[C@@H]3N=C(c4ccc(Cl)cc4)c4c(sc(C)c4C)-n4c(C)nnc43)NC(=O)CNC2=O)cc1. The van der Waals surface area contributed by atoms with Gasteiger partial charge in [-0.25, -0.2) is 9.97 Å². The number of benzene rings is 4. The van der Waals surface area contributed by atoms with Crippen LogP contribution in [0.25, 0.3) is 30.9 Å². The van der Waals surface area contributed by atoms with Gasteiger partial charge in [0.15, 0.2) is 11.6 Å². The Kier molecular flexibility index (Phi) is 35.0. The first-order chi connectivity index (χ1) is 71.3. The molecular formula is C102H118Cl2N24O18S4. The van der Waals surface area contributed by atoms with Gasteiger partial charge in [0.1, 0.15) is 95.3 Å². The maximum Gasteiger partial charge on any atom is 0.247 e. The van der Waals surface area contributed by atoms with Crippen molar-refractivity contribution in [1.29, 1.82) is 0 Å². The van der Waals surface area contributed by atoms with Gasteiger partial charge >= 0.3 is 0 Å². The number of aromatic nitrogens is 8. The van der Waals surface area contributed by atoms with Crippen LogP contribution in [-0.2, 0) is 76.6 Å². The fourth-order valence-electron chi connectivity index (χ4n) is 18.2. The number of carbonyl (C=O) groups excluding carboxylic acids is 14. The molecule has 6 aliphatic heterocycles. The number of hydrogen-bond donors (Lipinski definition) is 14. The van der Waals surface area contributed by atoms with Crippen molar-refractivity contribution in [2.24, 2.45) is 20.8 Å². The monoisotopic (exact) mass is 2160 g/mol. The smallest absolute Gasteiger partial charge is 0.247 e. The number of aryl methyl sites for hydroxylation is 6. The lowest BCUT2D eigenvalue weighted by Crippen LogP contribution is -2.58. The number of carbonyl (C=O) groups is 14. The van der Waals surface area contributed by atoms with E-state index >= 15 is 0 Å². The number of ether oxygens (including phenoxy) is 2. The molecule has 0 spiro atoms. The standard InChI is InChI=1S/2C51H59ClN12O9S2/c2*1-25-27(3)75-50-40(25)41(29-12-14-32(52)15-13-29)58-34(45-62-61-28(4)64(45)50)19-37(66)54-20-35-46(69)53-16-17-73-23-39(68)59-44(51(5,6)7)49(72)63-22-33(65)18-36(63)47(70)60-42(48(71)55-21-38(67)57-35)30-8-10-31(11-9-30)43-26(2)56-24-74-43/h2*8-15,24,33-36,42,44,65H,16-23H2,1-7H3,(H,53,69)(H,54,66)(H,55,71)(H,57,67)(H,59,68)(H,60,70)/t33-,34+,35-,36+,42+,44-;33-,34+,35-,36+,42-,44-/m11/s1. The number of aliphatic hydroxyl groups excluding tert-OH is 2. The van der Waals surface area contributed by atoms with Crippen molar-refractivity contribution in [1.82, 2.24) is 113 Å². The Labute approximate surface area is 889 Å². The molecule has 10 aromatic rings. The molecule has 12 heterocycles. The Hall–Kier alpha value is -13.8. The third kappa shape index (κ3) is 25.7. The van der Waals surface area contributed by atoms with E-state index < -0.39 is 206 Å². The lowest BCUT2D eigenvalue weighted by Gasteiger charge is -2.35. The molecule has 4 fully saturated rings. The molecule has 16 rings (SSSR count). The third-order valence-electron chi connectivity index (χ3n) is 26.4. The summed E-state index contributed by atoms with van der Waals surface area (Å²) in [4.78, 5) is 221. The van der Waals surface area contributed by atoms with Gasteiger partial charge in [-0.2, -0.15) is 0 Å². The van der Waals surface area contributed by atoms with Crippen molar-refractivity contribution >= 4 is 163 Å². The first kappa shape index (κ1) is 110. The van der Waals surface area contributed by atoms with Crippen LogP contribution in [0.1, 0.15) is 180 Å². The first-order valence-electron chi connectivity index (χ1n) is 48.6. The van der Waals surface area contributed by atoms with Gasteiger partial charge in [0.2, 0.25) is 82.7 Å². The summed E-state index contributed by atoms with van der Waals surface area (Å²) in [6.45, 7) is 21.7. The van der Waals surface area contributed by atoms with Gasteiger partial charge in [-0.3, -0.25) is 86.2 Å². The molecule has 0 aliphatic carbocycles. The molecule has 792 valence electrons. The van der Waals surface area contributed by atoms with Crippen LogP contribution in [0.5, 0.6) is 0 Å². The first-order valence-corrected chi connectivity index (χ1v) is 52.8. The summed E-state index contributed by atoms with van der Waals surface area (Å²) in [7, 11) is 0. The molecule has 12 atom stereocenters. The number of thiazole rings is 2. The van der Waals surface area contributed by atoms with E-state index in [2.05, 4.69) is 94.2 Å². The predicted molar refractivity (Wildman–Crippen MR) is 561 cm³/mol. The van der Waals surface area contributed by atoms with Crippen LogP contribution in [0.4, 0.5) is 0 Å². The fourth-order valence-corrected chi connectivity index (χ4v) is 22.5. The molecule has 14 N–H and O–H groups in total. The van der Waals surface area contributed by atoms with E-state index in [9.17, 15) is 77.3 Å². The molecule has 0 radical (unpaired) electrons. The zero-order valence-corrected chi connectivity index (χ0v) is 89.6. The highest BCUT2D eigenvalue weighted by atomic mass is 35.5. The molecular weight excluding hydrogens is 2050 g/mol. The topological polar surface area (TPSA) is 561 Å². The van der Waals surface area contributed by atoms with E-state index in [4.69, 9.17) is 42.7 Å². The number of halogens is 2. The number of fused-ring (bicyclic) bond motifs is 8. The van der Waals surface area contributed by atoms with E-state index in [0.29, 0.717) is 55.9 Å².